The second-order valence-electron chi connectivity index (χ2n) is 6.92. The average Bonchev–Trinajstić information content (AvgIpc) is 3.42. The van der Waals surface area contributed by atoms with Gasteiger partial charge in [-0.3, -0.25) is 14.7 Å². The molecule has 2 aromatic carbocycles. The monoisotopic (exact) mass is 429 g/mol. The first-order valence-electron chi connectivity index (χ1n) is 9.95. The zero-order chi connectivity index (χ0) is 21.2. The van der Waals surface area contributed by atoms with Gasteiger partial charge in [0.1, 0.15) is 11.3 Å². The van der Waals surface area contributed by atoms with Gasteiger partial charge in [0.2, 0.25) is 0 Å². The molecule has 0 spiro atoms. The highest BCUT2D eigenvalue weighted by Crippen LogP contribution is 2.33. The number of carbonyl (C=O) groups excluding carboxylic acids is 1. The number of ether oxygens (including phenoxy) is 1. The summed E-state index contributed by atoms with van der Waals surface area (Å²) in [6, 6.07) is 20.7. The Kier molecular flexibility index (Phi) is 5.09. The van der Waals surface area contributed by atoms with Gasteiger partial charge in [-0.1, -0.05) is 35.6 Å². The third-order valence-corrected chi connectivity index (χ3v) is 5.86. The van der Waals surface area contributed by atoms with Gasteiger partial charge in [0.05, 0.1) is 29.1 Å². The number of anilines is 1. The highest BCUT2D eigenvalue weighted by Gasteiger charge is 2.25. The maximum absolute atomic E-state index is 13.5. The first-order valence-corrected chi connectivity index (χ1v) is 10.8. The van der Waals surface area contributed by atoms with Crippen LogP contribution in [-0.2, 0) is 6.54 Å². The number of hydrogen-bond acceptors (Lipinski definition) is 6. The molecule has 3 aromatic heterocycles. The Morgan fingerprint density at radius 2 is 1.97 bits per heavy atom. The van der Waals surface area contributed by atoms with E-state index in [1.807, 2.05) is 67.6 Å². The zero-order valence-corrected chi connectivity index (χ0v) is 17.6. The van der Waals surface area contributed by atoms with E-state index in [1.165, 1.54) is 11.3 Å². The van der Waals surface area contributed by atoms with Gasteiger partial charge in [-0.15, -0.1) is 0 Å². The van der Waals surface area contributed by atoms with Crippen molar-refractivity contribution in [3.05, 3.63) is 84.4 Å². The molecule has 7 heteroatoms. The minimum atomic E-state index is -0.258. The Morgan fingerprint density at radius 3 is 2.77 bits per heavy atom. The first-order chi connectivity index (χ1) is 15.2. The fourth-order valence-corrected chi connectivity index (χ4v) is 4.36. The molecule has 0 fully saturated rings. The second kappa shape index (κ2) is 8.20. The van der Waals surface area contributed by atoms with Crippen LogP contribution in [0.25, 0.3) is 21.2 Å². The highest BCUT2D eigenvalue weighted by atomic mass is 32.1. The first kappa shape index (κ1) is 19.3. The number of rotatable bonds is 6. The lowest BCUT2D eigenvalue weighted by Crippen LogP contribution is -2.30. The SMILES string of the molecule is CCOc1ccc2nc(N(Cc3ccccn3)C(=O)c3cc4ccccc4o3)sc2c1. The minimum absolute atomic E-state index is 0.258. The largest absolute Gasteiger partial charge is 0.494 e. The van der Waals surface area contributed by atoms with Crippen LogP contribution < -0.4 is 9.64 Å². The topological polar surface area (TPSA) is 68.5 Å². The van der Waals surface area contributed by atoms with Crippen molar-refractivity contribution >= 4 is 43.6 Å². The summed E-state index contributed by atoms with van der Waals surface area (Å²) in [5, 5.41) is 1.47. The van der Waals surface area contributed by atoms with Gasteiger partial charge >= 0.3 is 0 Å². The Labute approximate surface area is 182 Å². The number of aromatic nitrogens is 2. The molecule has 5 rings (SSSR count). The number of nitrogens with zero attached hydrogens (tertiary/aromatic N) is 3. The second-order valence-corrected chi connectivity index (χ2v) is 7.93. The molecule has 0 atom stereocenters. The number of amides is 1. The molecule has 0 unspecified atom stereocenters. The summed E-state index contributed by atoms with van der Waals surface area (Å²) < 4.78 is 12.4. The summed E-state index contributed by atoms with van der Waals surface area (Å²) in [5.41, 5.74) is 2.25. The Balaban J connectivity index is 1.56. The lowest BCUT2D eigenvalue weighted by molar-refractivity contribution is 0.0960. The van der Waals surface area contributed by atoms with Crippen molar-refractivity contribution in [2.45, 2.75) is 13.5 Å². The molecule has 0 aliphatic heterocycles. The molecule has 0 radical (unpaired) electrons. The number of para-hydroxylation sites is 1. The highest BCUT2D eigenvalue weighted by molar-refractivity contribution is 7.22. The molecule has 1 amide bonds. The van der Waals surface area contributed by atoms with Crippen molar-refractivity contribution in [1.82, 2.24) is 9.97 Å². The lowest BCUT2D eigenvalue weighted by atomic mass is 10.2. The fourth-order valence-electron chi connectivity index (χ4n) is 3.36. The van der Waals surface area contributed by atoms with E-state index in [0.717, 1.165) is 27.0 Å². The van der Waals surface area contributed by atoms with Crippen molar-refractivity contribution in [2.24, 2.45) is 0 Å². The number of furan rings is 1. The molecule has 3 heterocycles. The van der Waals surface area contributed by atoms with Gasteiger partial charge in [-0.25, -0.2) is 4.98 Å². The van der Waals surface area contributed by atoms with Gasteiger partial charge in [0.15, 0.2) is 10.9 Å². The van der Waals surface area contributed by atoms with Gasteiger partial charge in [0, 0.05) is 11.6 Å². The molecule has 154 valence electrons. The molecule has 0 saturated heterocycles. The van der Waals surface area contributed by atoms with Crippen LogP contribution in [0.5, 0.6) is 5.75 Å². The predicted octanol–water partition coefficient (Wildman–Crippen LogP) is 5.68. The van der Waals surface area contributed by atoms with Crippen LogP contribution >= 0.6 is 11.3 Å². The fraction of sp³-hybridized carbons (Fsp3) is 0.125. The average molecular weight is 430 g/mol. The minimum Gasteiger partial charge on any atom is -0.494 e. The van der Waals surface area contributed by atoms with Gasteiger partial charge in [0.25, 0.3) is 5.91 Å². The summed E-state index contributed by atoms with van der Waals surface area (Å²) in [5.74, 6) is 0.794. The van der Waals surface area contributed by atoms with E-state index in [4.69, 9.17) is 14.1 Å². The molecule has 6 nitrogen and oxygen atoms in total. The van der Waals surface area contributed by atoms with E-state index in [2.05, 4.69) is 4.98 Å². The van der Waals surface area contributed by atoms with Gasteiger partial charge in [-0.2, -0.15) is 0 Å². The molecule has 0 saturated carbocycles. The molecular formula is C24H19N3O3S. The zero-order valence-electron chi connectivity index (χ0n) is 16.8. The Morgan fingerprint density at radius 1 is 1.10 bits per heavy atom. The predicted molar refractivity (Wildman–Crippen MR) is 122 cm³/mol. The van der Waals surface area contributed by atoms with Gasteiger partial charge < -0.3 is 9.15 Å². The number of fused-ring (bicyclic) bond motifs is 2. The number of thiazole rings is 1. The van der Waals surface area contributed by atoms with Crippen molar-refractivity contribution in [3.8, 4) is 5.75 Å². The third-order valence-electron chi connectivity index (χ3n) is 4.82. The van der Waals surface area contributed by atoms with E-state index in [9.17, 15) is 4.79 Å². The van der Waals surface area contributed by atoms with E-state index >= 15 is 0 Å². The lowest BCUT2D eigenvalue weighted by Gasteiger charge is -2.18. The molecule has 0 bridgehead atoms. The quantitative estimate of drug-likeness (QED) is 0.347. The van der Waals surface area contributed by atoms with Crippen LogP contribution in [0.3, 0.4) is 0 Å². The number of pyridine rings is 1. The Hall–Kier alpha value is -3.71. The van der Waals surface area contributed by atoms with E-state index < -0.39 is 0 Å². The summed E-state index contributed by atoms with van der Waals surface area (Å²) in [6.45, 7) is 2.82. The molecule has 0 aliphatic carbocycles. The van der Waals surface area contributed by atoms with Crippen LogP contribution in [0.15, 0.2) is 77.3 Å². The number of carbonyl (C=O) groups is 1. The van der Waals surface area contributed by atoms with Crippen LogP contribution in [0.4, 0.5) is 5.13 Å². The summed E-state index contributed by atoms with van der Waals surface area (Å²) in [6.07, 6.45) is 1.71. The summed E-state index contributed by atoms with van der Waals surface area (Å²) >= 11 is 1.44. The van der Waals surface area contributed by atoms with Crippen molar-refractivity contribution in [1.29, 1.82) is 0 Å². The normalized spacial score (nSPS) is 11.1. The molecule has 31 heavy (non-hydrogen) atoms. The van der Waals surface area contributed by atoms with Crippen LogP contribution in [-0.4, -0.2) is 22.5 Å². The van der Waals surface area contributed by atoms with Gasteiger partial charge in [-0.05, 0) is 49.4 Å². The van der Waals surface area contributed by atoms with Crippen molar-refractivity contribution < 1.29 is 13.9 Å². The maximum atomic E-state index is 13.5. The van der Waals surface area contributed by atoms with E-state index in [-0.39, 0.29) is 18.2 Å². The van der Waals surface area contributed by atoms with Crippen molar-refractivity contribution in [2.75, 3.05) is 11.5 Å². The van der Waals surface area contributed by atoms with Crippen LogP contribution in [0.2, 0.25) is 0 Å². The molecule has 0 N–H and O–H groups in total. The summed E-state index contributed by atoms with van der Waals surface area (Å²) in [4.78, 5) is 24.2. The maximum Gasteiger partial charge on any atom is 0.296 e. The standard InChI is InChI=1S/C24H19N3O3S/c1-2-29-18-10-11-19-22(14-18)31-24(26-19)27(15-17-8-5-6-12-25-17)23(28)21-13-16-7-3-4-9-20(16)30-21/h3-14H,2,15H2,1H3. The van der Waals surface area contributed by atoms with Crippen molar-refractivity contribution in [3.63, 3.8) is 0 Å². The van der Waals surface area contributed by atoms with E-state index in [0.29, 0.717) is 17.3 Å². The van der Waals surface area contributed by atoms with Crippen LogP contribution in [0.1, 0.15) is 23.2 Å². The number of hydrogen-bond donors (Lipinski definition) is 0. The molecule has 5 aromatic rings. The number of benzene rings is 2. The molecule has 0 aliphatic rings. The third kappa shape index (κ3) is 3.87. The Bertz CT molecular complexity index is 1330. The smallest absolute Gasteiger partial charge is 0.296 e. The van der Waals surface area contributed by atoms with Crippen LogP contribution in [0, 0.1) is 0 Å². The van der Waals surface area contributed by atoms with E-state index in [1.54, 1.807) is 17.2 Å². The molecular weight excluding hydrogens is 410 g/mol. The summed E-state index contributed by atoms with van der Waals surface area (Å²) in [7, 11) is 0.